The summed E-state index contributed by atoms with van der Waals surface area (Å²) in [6, 6.07) is 0.257. The largest absolute Gasteiger partial charge is 0.359 e. The van der Waals surface area contributed by atoms with Gasteiger partial charge in [0.15, 0.2) is 0 Å². The fraction of sp³-hybridized carbons (Fsp3) is 0.875. The fourth-order valence-electron chi connectivity index (χ4n) is 1.66. The minimum absolute atomic E-state index is 0.118. The van der Waals surface area contributed by atoms with E-state index in [0.29, 0.717) is 12.3 Å². The van der Waals surface area contributed by atoms with Gasteiger partial charge in [-0.15, -0.1) is 0 Å². The Bertz CT molecular complexity index is 147. The molecule has 0 spiro atoms. The van der Waals surface area contributed by atoms with Crippen molar-refractivity contribution in [3.8, 4) is 0 Å². The third kappa shape index (κ3) is 2.19. The maximum atomic E-state index is 10.9. The fourth-order valence-corrected chi connectivity index (χ4v) is 1.66. The van der Waals surface area contributed by atoms with E-state index in [1.165, 1.54) is 6.42 Å². The minimum Gasteiger partial charge on any atom is -0.359 e. The van der Waals surface area contributed by atoms with Gasteiger partial charge in [-0.1, -0.05) is 6.42 Å². The summed E-state index contributed by atoms with van der Waals surface area (Å²) >= 11 is 0. The van der Waals surface area contributed by atoms with E-state index < -0.39 is 0 Å². The summed E-state index contributed by atoms with van der Waals surface area (Å²) in [4.78, 5) is 10.9. The summed E-state index contributed by atoms with van der Waals surface area (Å²) in [5, 5.41) is 2.62. The number of nitrogens with one attached hydrogen (secondary N) is 1. The van der Waals surface area contributed by atoms with Crippen LogP contribution in [0.15, 0.2) is 0 Å². The topological polar surface area (TPSA) is 55.1 Å². The van der Waals surface area contributed by atoms with Gasteiger partial charge in [0.1, 0.15) is 0 Å². The molecule has 0 aromatic carbocycles. The molecule has 3 nitrogen and oxygen atoms in total. The van der Waals surface area contributed by atoms with Crippen molar-refractivity contribution in [2.75, 3.05) is 7.05 Å². The molecule has 0 aliphatic heterocycles. The molecule has 1 rings (SSSR count). The SMILES string of the molecule is CNC(=O)C[C@@H]1CCC[C@H]1N. The number of rotatable bonds is 2. The molecule has 0 bridgehead atoms. The van der Waals surface area contributed by atoms with Crippen molar-refractivity contribution < 1.29 is 4.79 Å². The zero-order chi connectivity index (χ0) is 8.27. The van der Waals surface area contributed by atoms with E-state index in [0.717, 1.165) is 12.8 Å². The molecule has 1 fully saturated rings. The van der Waals surface area contributed by atoms with Crippen molar-refractivity contribution in [3.63, 3.8) is 0 Å². The van der Waals surface area contributed by atoms with Crippen LogP contribution in [0, 0.1) is 5.92 Å². The lowest BCUT2D eigenvalue weighted by molar-refractivity contribution is -0.121. The number of hydrogen-bond acceptors (Lipinski definition) is 2. The molecular formula is C8H16N2O. The van der Waals surface area contributed by atoms with Crippen LogP contribution in [0.2, 0.25) is 0 Å². The molecule has 0 heterocycles. The molecule has 1 aliphatic rings. The van der Waals surface area contributed by atoms with E-state index in [1.54, 1.807) is 7.05 Å². The number of amides is 1. The van der Waals surface area contributed by atoms with Crippen LogP contribution in [0.4, 0.5) is 0 Å². The second kappa shape index (κ2) is 3.72. The Morgan fingerprint density at radius 2 is 2.36 bits per heavy atom. The lowest BCUT2D eigenvalue weighted by Gasteiger charge is -2.13. The minimum atomic E-state index is 0.118. The Balaban J connectivity index is 2.30. The maximum Gasteiger partial charge on any atom is 0.220 e. The van der Waals surface area contributed by atoms with Crippen molar-refractivity contribution in [1.82, 2.24) is 5.32 Å². The first-order chi connectivity index (χ1) is 5.24. The molecule has 3 N–H and O–H groups in total. The average molecular weight is 156 g/mol. The van der Waals surface area contributed by atoms with Gasteiger partial charge in [-0.25, -0.2) is 0 Å². The first-order valence-corrected chi connectivity index (χ1v) is 4.20. The lowest BCUT2D eigenvalue weighted by atomic mass is 10.00. The van der Waals surface area contributed by atoms with Crippen LogP contribution in [0.5, 0.6) is 0 Å². The summed E-state index contributed by atoms with van der Waals surface area (Å²) < 4.78 is 0. The molecule has 1 aliphatic carbocycles. The van der Waals surface area contributed by atoms with Gasteiger partial charge >= 0.3 is 0 Å². The maximum absolute atomic E-state index is 10.9. The first-order valence-electron chi connectivity index (χ1n) is 4.20. The van der Waals surface area contributed by atoms with Gasteiger partial charge in [-0.3, -0.25) is 4.79 Å². The van der Waals surface area contributed by atoms with Gasteiger partial charge in [0, 0.05) is 19.5 Å². The van der Waals surface area contributed by atoms with Crippen LogP contribution in [0.25, 0.3) is 0 Å². The van der Waals surface area contributed by atoms with Crippen LogP contribution in [0.1, 0.15) is 25.7 Å². The summed E-state index contributed by atoms with van der Waals surface area (Å²) in [5.41, 5.74) is 5.80. The van der Waals surface area contributed by atoms with Crippen LogP contribution >= 0.6 is 0 Å². The summed E-state index contributed by atoms with van der Waals surface area (Å²) in [5.74, 6) is 0.544. The van der Waals surface area contributed by atoms with Crippen LogP contribution < -0.4 is 11.1 Å². The molecule has 11 heavy (non-hydrogen) atoms. The molecule has 0 aromatic heterocycles. The van der Waals surface area contributed by atoms with E-state index in [2.05, 4.69) is 5.32 Å². The quantitative estimate of drug-likeness (QED) is 0.602. The second-order valence-electron chi connectivity index (χ2n) is 3.23. The number of hydrogen-bond donors (Lipinski definition) is 2. The highest BCUT2D eigenvalue weighted by Crippen LogP contribution is 2.26. The van der Waals surface area contributed by atoms with Crippen molar-refractivity contribution >= 4 is 5.91 Å². The number of carbonyl (C=O) groups is 1. The van der Waals surface area contributed by atoms with E-state index in [1.807, 2.05) is 0 Å². The van der Waals surface area contributed by atoms with Crippen LogP contribution in [0.3, 0.4) is 0 Å². The summed E-state index contributed by atoms with van der Waals surface area (Å²) in [7, 11) is 1.67. The second-order valence-corrected chi connectivity index (χ2v) is 3.23. The molecule has 0 unspecified atom stereocenters. The van der Waals surface area contributed by atoms with Crippen LogP contribution in [-0.2, 0) is 4.79 Å². The van der Waals surface area contributed by atoms with Gasteiger partial charge in [0.25, 0.3) is 0 Å². The molecule has 0 saturated heterocycles. The van der Waals surface area contributed by atoms with Crippen molar-refractivity contribution in [2.24, 2.45) is 11.7 Å². The predicted octanol–water partition coefficient (Wildman–Crippen LogP) is 0.250. The molecule has 0 radical (unpaired) electrons. The lowest BCUT2D eigenvalue weighted by Crippen LogP contribution is -2.29. The highest BCUT2D eigenvalue weighted by molar-refractivity contribution is 5.75. The Morgan fingerprint density at radius 3 is 2.82 bits per heavy atom. The Morgan fingerprint density at radius 1 is 1.64 bits per heavy atom. The standard InChI is InChI=1S/C8H16N2O/c1-10-8(11)5-6-3-2-4-7(6)9/h6-7H,2-5,9H2,1H3,(H,10,11)/t6-,7+/m0/s1. The number of carbonyl (C=O) groups excluding carboxylic acids is 1. The molecule has 2 atom stereocenters. The molecule has 1 amide bonds. The zero-order valence-corrected chi connectivity index (χ0v) is 6.97. The molecule has 1 saturated carbocycles. The van der Waals surface area contributed by atoms with E-state index >= 15 is 0 Å². The average Bonchev–Trinajstić information content (AvgIpc) is 2.37. The zero-order valence-electron chi connectivity index (χ0n) is 6.97. The molecule has 64 valence electrons. The van der Waals surface area contributed by atoms with E-state index in [-0.39, 0.29) is 11.9 Å². The van der Waals surface area contributed by atoms with Gasteiger partial charge < -0.3 is 11.1 Å². The van der Waals surface area contributed by atoms with Crippen molar-refractivity contribution in [2.45, 2.75) is 31.7 Å². The highest BCUT2D eigenvalue weighted by Gasteiger charge is 2.25. The Labute approximate surface area is 67.3 Å². The molecule has 0 aromatic rings. The summed E-state index contributed by atoms with van der Waals surface area (Å²) in [6.07, 6.45) is 4.00. The Kier molecular flexibility index (Phi) is 2.88. The van der Waals surface area contributed by atoms with Gasteiger partial charge in [-0.05, 0) is 18.8 Å². The first kappa shape index (κ1) is 8.53. The van der Waals surface area contributed by atoms with Crippen molar-refractivity contribution in [3.05, 3.63) is 0 Å². The monoisotopic (exact) mass is 156 g/mol. The Hall–Kier alpha value is -0.570. The van der Waals surface area contributed by atoms with E-state index in [9.17, 15) is 4.79 Å². The van der Waals surface area contributed by atoms with Crippen LogP contribution in [-0.4, -0.2) is 19.0 Å². The highest BCUT2D eigenvalue weighted by atomic mass is 16.1. The van der Waals surface area contributed by atoms with Gasteiger partial charge in [0.05, 0.1) is 0 Å². The predicted molar refractivity (Wildman–Crippen MR) is 44.0 cm³/mol. The van der Waals surface area contributed by atoms with Crippen molar-refractivity contribution in [1.29, 1.82) is 0 Å². The molecular weight excluding hydrogens is 140 g/mol. The van der Waals surface area contributed by atoms with Gasteiger partial charge in [-0.2, -0.15) is 0 Å². The van der Waals surface area contributed by atoms with E-state index in [4.69, 9.17) is 5.73 Å². The number of nitrogens with two attached hydrogens (primary N) is 1. The normalized spacial score (nSPS) is 30.4. The molecule has 3 heteroatoms. The van der Waals surface area contributed by atoms with Gasteiger partial charge in [0.2, 0.25) is 5.91 Å². The summed E-state index contributed by atoms with van der Waals surface area (Å²) in [6.45, 7) is 0. The smallest absolute Gasteiger partial charge is 0.220 e. The third-order valence-electron chi connectivity index (χ3n) is 2.44. The third-order valence-corrected chi connectivity index (χ3v) is 2.44.